The molecule has 0 unspecified atom stereocenters. The van der Waals surface area contributed by atoms with Gasteiger partial charge in [0.25, 0.3) is 0 Å². The monoisotopic (exact) mass is 264 g/mol. The highest BCUT2D eigenvalue weighted by molar-refractivity contribution is 5.45. The highest BCUT2D eigenvalue weighted by Crippen LogP contribution is 2.32. The summed E-state index contributed by atoms with van der Waals surface area (Å²) in [6, 6.07) is 20.3. The highest BCUT2D eigenvalue weighted by Gasteiger charge is 2.32. The second kappa shape index (κ2) is 6.41. The molecule has 2 rings (SSSR count). The Bertz CT molecular complexity index is 548. The minimum absolute atomic E-state index is 0.303. The minimum atomic E-state index is -0.702. The van der Waals surface area contributed by atoms with E-state index in [1.54, 1.807) is 7.11 Å². The van der Waals surface area contributed by atoms with Gasteiger partial charge in [0.2, 0.25) is 0 Å². The molecule has 20 heavy (non-hydrogen) atoms. The van der Waals surface area contributed by atoms with Crippen LogP contribution in [0.2, 0.25) is 0 Å². The number of ether oxygens (including phenoxy) is 1. The largest absolute Gasteiger partial charge is 0.357 e. The zero-order valence-corrected chi connectivity index (χ0v) is 12.3. The molecule has 2 aromatic rings. The average Bonchev–Trinajstić information content (AvgIpc) is 2.50. The molecule has 0 fully saturated rings. The molecule has 0 saturated heterocycles. The molecule has 0 amide bonds. The molecule has 0 N–H and O–H groups in total. The predicted molar refractivity (Wildman–Crippen MR) is 83.3 cm³/mol. The van der Waals surface area contributed by atoms with E-state index in [-0.39, 0.29) is 0 Å². The van der Waals surface area contributed by atoms with E-state index in [2.05, 4.69) is 50.0 Å². The highest BCUT2D eigenvalue weighted by atomic mass is 16.5. The number of hydrogen-bond donors (Lipinski definition) is 0. The summed E-state index contributed by atoms with van der Waals surface area (Å²) in [6.07, 6.45) is 0. The lowest BCUT2D eigenvalue weighted by Gasteiger charge is -2.28. The van der Waals surface area contributed by atoms with E-state index in [1.807, 2.05) is 36.4 Å². The maximum absolute atomic E-state index is 5.89. The lowest BCUT2D eigenvalue weighted by atomic mass is 9.86. The van der Waals surface area contributed by atoms with Gasteiger partial charge in [0, 0.05) is 24.2 Å². The lowest BCUT2D eigenvalue weighted by Crippen LogP contribution is -2.28. The standard InChI is InChI=1S/C19H20O/c1-16(2)14-15-19(20-3,17-10-6-4-7-11-17)18-12-8-5-9-13-18/h4-13,16H,1-3H3. The third kappa shape index (κ3) is 2.92. The molecule has 0 radical (unpaired) electrons. The number of benzene rings is 2. The summed E-state index contributed by atoms with van der Waals surface area (Å²) in [7, 11) is 1.72. The Morgan fingerprint density at radius 1 is 0.850 bits per heavy atom. The van der Waals surface area contributed by atoms with Crippen molar-refractivity contribution in [3.8, 4) is 11.8 Å². The Labute approximate surface area is 121 Å². The maximum Gasteiger partial charge on any atom is 0.179 e. The van der Waals surface area contributed by atoms with Crippen molar-refractivity contribution < 1.29 is 4.74 Å². The van der Waals surface area contributed by atoms with Crippen molar-refractivity contribution >= 4 is 0 Å². The fraction of sp³-hybridized carbons (Fsp3) is 0.263. The van der Waals surface area contributed by atoms with Gasteiger partial charge in [-0.3, -0.25) is 0 Å². The molecule has 0 spiro atoms. The summed E-state index contributed by atoms with van der Waals surface area (Å²) in [5.41, 5.74) is 1.41. The summed E-state index contributed by atoms with van der Waals surface area (Å²) < 4.78 is 5.89. The molecule has 0 bridgehead atoms. The van der Waals surface area contributed by atoms with Crippen molar-refractivity contribution in [2.24, 2.45) is 5.92 Å². The normalized spacial score (nSPS) is 11.0. The van der Waals surface area contributed by atoms with Crippen molar-refractivity contribution in [3.63, 3.8) is 0 Å². The van der Waals surface area contributed by atoms with Crippen LogP contribution in [0.3, 0.4) is 0 Å². The smallest absolute Gasteiger partial charge is 0.179 e. The van der Waals surface area contributed by atoms with E-state index < -0.39 is 5.60 Å². The van der Waals surface area contributed by atoms with E-state index in [4.69, 9.17) is 4.74 Å². The van der Waals surface area contributed by atoms with Crippen LogP contribution < -0.4 is 0 Å². The van der Waals surface area contributed by atoms with Crippen molar-refractivity contribution in [3.05, 3.63) is 71.8 Å². The first-order valence-corrected chi connectivity index (χ1v) is 6.88. The van der Waals surface area contributed by atoms with E-state index in [9.17, 15) is 0 Å². The maximum atomic E-state index is 5.89. The molecule has 0 atom stereocenters. The van der Waals surface area contributed by atoms with Crippen molar-refractivity contribution in [1.29, 1.82) is 0 Å². The summed E-state index contributed by atoms with van der Waals surface area (Å²) in [4.78, 5) is 0. The summed E-state index contributed by atoms with van der Waals surface area (Å²) in [6.45, 7) is 4.17. The summed E-state index contributed by atoms with van der Waals surface area (Å²) in [5, 5.41) is 0. The summed E-state index contributed by atoms with van der Waals surface area (Å²) in [5.74, 6) is 6.90. The van der Waals surface area contributed by atoms with Crippen LogP contribution in [-0.4, -0.2) is 7.11 Å². The fourth-order valence-electron chi connectivity index (χ4n) is 2.19. The third-order valence-corrected chi connectivity index (χ3v) is 3.20. The molecule has 1 nitrogen and oxygen atoms in total. The molecule has 1 heteroatoms. The van der Waals surface area contributed by atoms with Crippen LogP contribution in [-0.2, 0) is 10.3 Å². The first-order chi connectivity index (χ1) is 9.69. The van der Waals surface area contributed by atoms with E-state index >= 15 is 0 Å². The first-order valence-electron chi connectivity index (χ1n) is 6.88. The lowest BCUT2D eigenvalue weighted by molar-refractivity contribution is 0.0741. The fourth-order valence-corrected chi connectivity index (χ4v) is 2.19. The van der Waals surface area contributed by atoms with E-state index in [0.717, 1.165) is 11.1 Å². The van der Waals surface area contributed by atoms with E-state index in [1.165, 1.54) is 0 Å². The van der Waals surface area contributed by atoms with Crippen molar-refractivity contribution in [2.75, 3.05) is 7.11 Å². The zero-order valence-electron chi connectivity index (χ0n) is 12.3. The first kappa shape index (κ1) is 14.4. The third-order valence-electron chi connectivity index (χ3n) is 3.20. The molecule has 0 heterocycles. The number of methoxy groups -OCH3 is 1. The minimum Gasteiger partial charge on any atom is -0.357 e. The van der Waals surface area contributed by atoms with Gasteiger partial charge in [0.05, 0.1) is 0 Å². The molecule has 0 aliphatic carbocycles. The molecular formula is C19H20O. The predicted octanol–water partition coefficient (Wildman–Crippen LogP) is 4.24. The van der Waals surface area contributed by atoms with Gasteiger partial charge in [-0.05, 0) is 0 Å². The molecule has 2 aromatic carbocycles. The molecule has 102 valence electrons. The Balaban J connectivity index is 2.62. The Kier molecular flexibility index (Phi) is 4.61. The Hall–Kier alpha value is -2.04. The summed E-state index contributed by atoms with van der Waals surface area (Å²) >= 11 is 0. The van der Waals surface area contributed by atoms with Gasteiger partial charge in [-0.1, -0.05) is 86.4 Å². The number of rotatable bonds is 3. The number of hydrogen-bond acceptors (Lipinski definition) is 1. The van der Waals surface area contributed by atoms with Crippen LogP contribution >= 0.6 is 0 Å². The van der Waals surface area contributed by atoms with Gasteiger partial charge in [-0.2, -0.15) is 0 Å². The van der Waals surface area contributed by atoms with Crippen LogP contribution in [0.1, 0.15) is 25.0 Å². The zero-order chi connectivity index (χ0) is 14.4. The quantitative estimate of drug-likeness (QED) is 0.754. The van der Waals surface area contributed by atoms with Gasteiger partial charge in [0.1, 0.15) is 0 Å². The Morgan fingerprint density at radius 2 is 1.30 bits per heavy atom. The van der Waals surface area contributed by atoms with Crippen LogP contribution in [0.4, 0.5) is 0 Å². The van der Waals surface area contributed by atoms with Crippen LogP contribution in [0.5, 0.6) is 0 Å². The topological polar surface area (TPSA) is 9.23 Å². The second-order valence-corrected chi connectivity index (χ2v) is 5.04. The van der Waals surface area contributed by atoms with Gasteiger partial charge < -0.3 is 4.74 Å². The van der Waals surface area contributed by atoms with Gasteiger partial charge in [-0.15, -0.1) is 0 Å². The van der Waals surface area contributed by atoms with Crippen LogP contribution in [0.25, 0.3) is 0 Å². The SMILES string of the molecule is COC(C#CC(C)C)(c1ccccc1)c1ccccc1. The van der Waals surface area contributed by atoms with Crippen LogP contribution in [0, 0.1) is 17.8 Å². The van der Waals surface area contributed by atoms with Gasteiger partial charge in [-0.25, -0.2) is 0 Å². The molecule has 0 saturated carbocycles. The molecule has 0 aliphatic rings. The van der Waals surface area contributed by atoms with Crippen LogP contribution in [0.15, 0.2) is 60.7 Å². The van der Waals surface area contributed by atoms with Gasteiger partial charge >= 0.3 is 0 Å². The average molecular weight is 264 g/mol. The van der Waals surface area contributed by atoms with Crippen molar-refractivity contribution in [2.45, 2.75) is 19.4 Å². The molecule has 0 aromatic heterocycles. The molecular weight excluding hydrogens is 244 g/mol. The van der Waals surface area contributed by atoms with Crippen molar-refractivity contribution in [1.82, 2.24) is 0 Å². The van der Waals surface area contributed by atoms with Gasteiger partial charge in [0.15, 0.2) is 5.60 Å². The van der Waals surface area contributed by atoms with E-state index in [0.29, 0.717) is 5.92 Å². The second-order valence-electron chi connectivity index (χ2n) is 5.04. The molecule has 0 aliphatic heterocycles. The Morgan fingerprint density at radius 3 is 1.65 bits per heavy atom.